The van der Waals surface area contributed by atoms with E-state index in [1.807, 2.05) is 44.2 Å². The van der Waals surface area contributed by atoms with Gasteiger partial charge in [0.2, 0.25) is 5.91 Å². The Hall–Kier alpha value is -2.17. The number of hydrogen-bond donors (Lipinski definition) is 1. The molecule has 4 rings (SSSR count). The molecule has 0 radical (unpaired) electrons. The van der Waals surface area contributed by atoms with E-state index in [4.69, 9.17) is 16.3 Å². The number of amides is 1. The van der Waals surface area contributed by atoms with E-state index in [-0.39, 0.29) is 11.7 Å². The zero-order chi connectivity index (χ0) is 22.2. The van der Waals surface area contributed by atoms with Crippen molar-refractivity contribution < 1.29 is 14.3 Å². The minimum Gasteiger partial charge on any atom is -0.385 e. The lowest BCUT2D eigenvalue weighted by molar-refractivity contribution is -0.126. The first-order chi connectivity index (χ1) is 14.9. The molecule has 1 saturated carbocycles. The number of benzene rings is 2. The molecule has 2 fully saturated rings. The fourth-order valence-corrected chi connectivity index (χ4v) is 5.52. The molecule has 1 saturated heterocycles. The van der Waals surface area contributed by atoms with Crippen LogP contribution >= 0.6 is 11.6 Å². The van der Waals surface area contributed by atoms with Crippen LogP contribution in [0.5, 0.6) is 0 Å². The maximum absolute atomic E-state index is 13.7. The number of halogens is 1. The van der Waals surface area contributed by atoms with Crippen molar-refractivity contribution in [3.8, 4) is 11.1 Å². The van der Waals surface area contributed by atoms with Gasteiger partial charge in [-0.1, -0.05) is 35.9 Å². The third kappa shape index (κ3) is 4.04. The Balaban J connectivity index is 1.64. The second-order valence-electron chi connectivity index (χ2n) is 9.07. The van der Waals surface area contributed by atoms with Gasteiger partial charge in [-0.15, -0.1) is 0 Å². The summed E-state index contributed by atoms with van der Waals surface area (Å²) in [6.45, 7) is 4.75. The molecule has 1 N–H and O–H groups in total. The van der Waals surface area contributed by atoms with E-state index in [2.05, 4.69) is 11.4 Å². The zero-order valence-electron chi connectivity index (χ0n) is 18.5. The van der Waals surface area contributed by atoms with Gasteiger partial charge in [0.15, 0.2) is 5.78 Å². The topological polar surface area (TPSA) is 55.4 Å². The van der Waals surface area contributed by atoms with Crippen molar-refractivity contribution in [2.24, 2.45) is 5.92 Å². The van der Waals surface area contributed by atoms with E-state index in [1.165, 1.54) is 0 Å². The van der Waals surface area contributed by atoms with Crippen LogP contribution in [-0.4, -0.2) is 30.9 Å². The van der Waals surface area contributed by atoms with E-state index in [9.17, 15) is 9.59 Å². The highest BCUT2D eigenvalue weighted by molar-refractivity contribution is 6.30. The number of carbonyl (C=O) groups is 2. The van der Waals surface area contributed by atoms with Crippen molar-refractivity contribution >= 4 is 23.3 Å². The maximum atomic E-state index is 13.7. The number of aryl methyl sites for hydroxylation is 1. The number of methoxy groups -OCH3 is 1. The van der Waals surface area contributed by atoms with E-state index >= 15 is 0 Å². The first-order valence-corrected chi connectivity index (χ1v) is 11.5. The van der Waals surface area contributed by atoms with Crippen LogP contribution in [0.3, 0.4) is 0 Å². The summed E-state index contributed by atoms with van der Waals surface area (Å²) in [6, 6.07) is 11.7. The normalized spacial score (nSPS) is 25.8. The van der Waals surface area contributed by atoms with Gasteiger partial charge >= 0.3 is 0 Å². The largest absolute Gasteiger partial charge is 0.385 e. The predicted octanol–water partition coefficient (Wildman–Crippen LogP) is 5.37. The van der Waals surface area contributed by atoms with Gasteiger partial charge in [-0.3, -0.25) is 9.59 Å². The highest BCUT2D eigenvalue weighted by Gasteiger charge is 2.54. The van der Waals surface area contributed by atoms with Gasteiger partial charge in [0.1, 0.15) is 5.92 Å². The van der Waals surface area contributed by atoms with Crippen molar-refractivity contribution in [2.75, 3.05) is 13.7 Å². The molecular weight excluding hydrogens is 410 g/mol. The standard InChI is InChI=1S/C26H30ClNO3/c1-16-4-9-21(19-5-7-20(27)8-6-19)17(2)22(16)23-24(29)26(28-25(23)30)13-10-18(11-14-26)12-15-31-3/h4-9,18,23H,10-15H2,1-3H3,(H,28,30). The zero-order valence-corrected chi connectivity index (χ0v) is 19.2. The number of ether oxygens (including phenoxy) is 1. The molecular formula is C26H30ClNO3. The van der Waals surface area contributed by atoms with Crippen LogP contribution in [0.25, 0.3) is 11.1 Å². The van der Waals surface area contributed by atoms with Gasteiger partial charge in [-0.05, 0) is 91.8 Å². The quantitative estimate of drug-likeness (QED) is 0.637. The van der Waals surface area contributed by atoms with E-state index in [0.717, 1.165) is 66.5 Å². The van der Waals surface area contributed by atoms with Crippen LogP contribution in [0.1, 0.15) is 54.7 Å². The molecule has 1 spiro atoms. The van der Waals surface area contributed by atoms with Gasteiger partial charge in [0, 0.05) is 18.7 Å². The molecule has 1 amide bonds. The number of hydrogen-bond acceptors (Lipinski definition) is 3. The lowest BCUT2D eigenvalue weighted by atomic mass is 9.71. The summed E-state index contributed by atoms with van der Waals surface area (Å²) in [5.41, 5.74) is 4.18. The summed E-state index contributed by atoms with van der Waals surface area (Å²) < 4.78 is 5.21. The van der Waals surface area contributed by atoms with Crippen molar-refractivity contribution in [1.29, 1.82) is 0 Å². The minimum absolute atomic E-state index is 0.0437. The Labute approximate surface area is 189 Å². The number of Topliss-reactive ketones (excluding diaryl/α,β-unsaturated/α-hetero) is 1. The van der Waals surface area contributed by atoms with Crippen LogP contribution < -0.4 is 5.32 Å². The van der Waals surface area contributed by atoms with Gasteiger partial charge in [0.05, 0.1) is 5.54 Å². The van der Waals surface area contributed by atoms with Gasteiger partial charge in [0.25, 0.3) is 0 Å². The Morgan fingerprint density at radius 1 is 1.06 bits per heavy atom. The van der Waals surface area contributed by atoms with Gasteiger partial charge < -0.3 is 10.1 Å². The molecule has 4 nitrogen and oxygen atoms in total. The molecule has 1 aliphatic heterocycles. The molecule has 1 heterocycles. The molecule has 5 heteroatoms. The summed E-state index contributed by atoms with van der Waals surface area (Å²) in [7, 11) is 1.72. The first kappa shape index (κ1) is 22.0. The molecule has 1 atom stereocenters. The summed E-state index contributed by atoms with van der Waals surface area (Å²) in [6.07, 6.45) is 4.35. The predicted molar refractivity (Wildman–Crippen MR) is 123 cm³/mol. The Kier molecular flexibility index (Phi) is 6.23. The van der Waals surface area contributed by atoms with Crippen LogP contribution in [0, 0.1) is 19.8 Å². The molecule has 0 bridgehead atoms. The van der Waals surface area contributed by atoms with Crippen molar-refractivity contribution in [3.05, 3.63) is 58.1 Å². The second kappa shape index (κ2) is 8.76. The minimum atomic E-state index is -0.734. The van der Waals surface area contributed by atoms with Crippen LogP contribution in [0.2, 0.25) is 5.02 Å². The average molecular weight is 440 g/mol. The fraction of sp³-hybridized carbons (Fsp3) is 0.462. The maximum Gasteiger partial charge on any atom is 0.235 e. The Morgan fingerprint density at radius 2 is 1.74 bits per heavy atom. The van der Waals surface area contributed by atoms with Crippen molar-refractivity contribution in [2.45, 2.75) is 57.4 Å². The van der Waals surface area contributed by atoms with Crippen LogP contribution in [0.4, 0.5) is 0 Å². The third-order valence-electron chi connectivity index (χ3n) is 7.22. The highest BCUT2D eigenvalue weighted by atomic mass is 35.5. The fourth-order valence-electron chi connectivity index (χ4n) is 5.39. The third-order valence-corrected chi connectivity index (χ3v) is 7.48. The molecule has 2 aromatic rings. The Morgan fingerprint density at radius 3 is 2.39 bits per heavy atom. The lowest BCUT2D eigenvalue weighted by Gasteiger charge is -2.36. The van der Waals surface area contributed by atoms with Gasteiger partial charge in [-0.2, -0.15) is 0 Å². The van der Waals surface area contributed by atoms with Crippen LogP contribution in [0.15, 0.2) is 36.4 Å². The van der Waals surface area contributed by atoms with Gasteiger partial charge in [-0.25, -0.2) is 0 Å². The van der Waals surface area contributed by atoms with E-state index < -0.39 is 11.5 Å². The molecule has 2 aliphatic rings. The van der Waals surface area contributed by atoms with Crippen LogP contribution in [-0.2, 0) is 14.3 Å². The number of rotatable bonds is 5. The highest BCUT2D eigenvalue weighted by Crippen LogP contribution is 2.44. The molecule has 1 aliphatic carbocycles. The number of ketones is 1. The van der Waals surface area contributed by atoms with Crippen molar-refractivity contribution in [1.82, 2.24) is 5.32 Å². The Bertz CT molecular complexity index is 990. The molecule has 31 heavy (non-hydrogen) atoms. The summed E-state index contributed by atoms with van der Waals surface area (Å²) in [4.78, 5) is 26.8. The van der Waals surface area contributed by atoms with E-state index in [1.54, 1.807) is 7.11 Å². The summed E-state index contributed by atoms with van der Waals surface area (Å²) >= 11 is 6.05. The average Bonchev–Trinajstić information content (AvgIpc) is 2.99. The summed E-state index contributed by atoms with van der Waals surface area (Å²) in [5, 5.41) is 3.81. The first-order valence-electron chi connectivity index (χ1n) is 11.1. The SMILES string of the molecule is COCCC1CCC2(CC1)NC(=O)C(c1c(C)ccc(-c3ccc(Cl)cc3)c1C)C2=O. The lowest BCUT2D eigenvalue weighted by Crippen LogP contribution is -2.49. The monoisotopic (exact) mass is 439 g/mol. The molecule has 164 valence electrons. The number of carbonyl (C=O) groups excluding carboxylic acids is 2. The second-order valence-corrected chi connectivity index (χ2v) is 9.51. The summed E-state index contributed by atoms with van der Waals surface area (Å²) in [5.74, 6) is -0.282. The number of nitrogens with one attached hydrogen (secondary N) is 1. The molecule has 1 unspecified atom stereocenters. The molecule has 0 aromatic heterocycles. The molecule has 2 aromatic carbocycles. The van der Waals surface area contributed by atoms with E-state index in [0.29, 0.717) is 10.9 Å². The van der Waals surface area contributed by atoms with Crippen molar-refractivity contribution in [3.63, 3.8) is 0 Å². The smallest absolute Gasteiger partial charge is 0.235 e.